The second kappa shape index (κ2) is 7.46. The fourth-order valence-electron chi connectivity index (χ4n) is 2.05. The molecule has 1 aliphatic rings. The van der Waals surface area contributed by atoms with E-state index in [1.165, 1.54) is 12.0 Å². The molecule has 0 aromatic heterocycles. The third-order valence-corrected chi connectivity index (χ3v) is 5.06. The first-order valence-corrected chi connectivity index (χ1v) is 8.59. The summed E-state index contributed by atoms with van der Waals surface area (Å²) in [4.78, 5) is 25.9. The first-order valence-electron chi connectivity index (χ1n) is 6.57. The second-order valence-corrected chi connectivity index (χ2v) is 7.23. The Balaban J connectivity index is 2.36. The van der Waals surface area contributed by atoms with Crippen LogP contribution in [0.1, 0.15) is 12.5 Å². The fraction of sp³-hybridized carbons (Fsp3) is 0.267. The molecule has 1 amide bonds. The fourth-order valence-corrected chi connectivity index (χ4v) is 3.84. The summed E-state index contributed by atoms with van der Waals surface area (Å²) in [5.74, 6) is -0.193. The first kappa shape index (κ1) is 18.0. The van der Waals surface area contributed by atoms with E-state index in [0.717, 1.165) is 21.8 Å². The number of thiocarbonyl (C=S) groups is 1. The number of nitrogens with zero attached hydrogens (tertiary/aromatic N) is 1. The van der Waals surface area contributed by atoms with E-state index < -0.39 is 12.0 Å². The van der Waals surface area contributed by atoms with Gasteiger partial charge in [-0.05, 0) is 31.2 Å². The number of carbonyl (C=O) groups excluding carboxylic acids is 2. The summed E-state index contributed by atoms with van der Waals surface area (Å²) in [6.45, 7) is 1.58. The van der Waals surface area contributed by atoms with Gasteiger partial charge in [-0.1, -0.05) is 39.9 Å². The lowest BCUT2D eigenvalue weighted by atomic mass is 10.2. The van der Waals surface area contributed by atoms with Crippen molar-refractivity contribution in [3.05, 3.63) is 33.1 Å². The zero-order chi connectivity index (χ0) is 17.1. The minimum absolute atomic E-state index is 0.320. The normalized spacial score (nSPS) is 17.6. The van der Waals surface area contributed by atoms with Crippen molar-refractivity contribution in [2.24, 2.45) is 0 Å². The summed E-state index contributed by atoms with van der Waals surface area (Å²) in [7, 11) is 2.84. The topological polar surface area (TPSA) is 55.8 Å². The Morgan fingerprint density at radius 2 is 2.13 bits per heavy atom. The van der Waals surface area contributed by atoms with Gasteiger partial charge in [0.15, 0.2) is 0 Å². The number of halogens is 1. The Morgan fingerprint density at radius 3 is 2.74 bits per heavy atom. The minimum atomic E-state index is -0.761. The van der Waals surface area contributed by atoms with Crippen LogP contribution < -0.4 is 4.74 Å². The highest BCUT2D eigenvalue weighted by atomic mass is 79.9. The molecule has 122 valence electrons. The van der Waals surface area contributed by atoms with Crippen LogP contribution in [-0.4, -0.2) is 41.4 Å². The van der Waals surface area contributed by atoms with E-state index in [1.54, 1.807) is 26.2 Å². The second-order valence-electron chi connectivity index (χ2n) is 4.64. The Bertz CT molecular complexity index is 705. The molecule has 5 nitrogen and oxygen atoms in total. The molecule has 8 heteroatoms. The molecular formula is C15H14BrNO4S2. The lowest BCUT2D eigenvalue weighted by Crippen LogP contribution is -2.42. The van der Waals surface area contributed by atoms with Crippen molar-refractivity contribution in [2.75, 3.05) is 14.2 Å². The van der Waals surface area contributed by atoms with Crippen molar-refractivity contribution in [3.8, 4) is 5.75 Å². The highest BCUT2D eigenvalue weighted by molar-refractivity contribution is 9.10. The van der Waals surface area contributed by atoms with Gasteiger partial charge in [0, 0.05) is 10.0 Å². The van der Waals surface area contributed by atoms with Gasteiger partial charge >= 0.3 is 5.97 Å². The molecule has 2 rings (SSSR count). The van der Waals surface area contributed by atoms with Crippen LogP contribution in [0.15, 0.2) is 27.6 Å². The third-order valence-electron chi connectivity index (χ3n) is 3.23. The number of methoxy groups -OCH3 is 2. The zero-order valence-corrected chi connectivity index (χ0v) is 15.9. The van der Waals surface area contributed by atoms with Gasteiger partial charge in [-0.25, -0.2) is 4.79 Å². The number of thioether (sulfide) groups is 1. The van der Waals surface area contributed by atoms with Crippen LogP contribution in [-0.2, 0) is 14.3 Å². The number of rotatable bonds is 4. The molecule has 1 aliphatic heterocycles. The number of amides is 1. The van der Waals surface area contributed by atoms with E-state index in [2.05, 4.69) is 20.7 Å². The number of benzene rings is 1. The minimum Gasteiger partial charge on any atom is -0.496 e. The van der Waals surface area contributed by atoms with E-state index in [4.69, 9.17) is 17.0 Å². The van der Waals surface area contributed by atoms with Gasteiger partial charge in [0.2, 0.25) is 0 Å². The van der Waals surface area contributed by atoms with Gasteiger partial charge in [-0.2, -0.15) is 0 Å². The van der Waals surface area contributed by atoms with Gasteiger partial charge in [0.25, 0.3) is 5.91 Å². The molecule has 0 spiro atoms. The van der Waals surface area contributed by atoms with Crippen LogP contribution in [0.5, 0.6) is 5.75 Å². The van der Waals surface area contributed by atoms with Crippen molar-refractivity contribution < 1.29 is 19.1 Å². The Morgan fingerprint density at radius 1 is 1.43 bits per heavy atom. The van der Waals surface area contributed by atoms with Crippen molar-refractivity contribution in [2.45, 2.75) is 13.0 Å². The van der Waals surface area contributed by atoms with Crippen LogP contribution in [0.25, 0.3) is 6.08 Å². The predicted molar refractivity (Wildman–Crippen MR) is 97.2 cm³/mol. The third kappa shape index (κ3) is 3.76. The van der Waals surface area contributed by atoms with E-state index >= 15 is 0 Å². The lowest BCUT2D eigenvalue weighted by molar-refractivity contribution is -0.147. The predicted octanol–water partition coefficient (Wildman–Crippen LogP) is 3.22. The highest BCUT2D eigenvalue weighted by Gasteiger charge is 2.38. The molecule has 1 aromatic rings. The van der Waals surface area contributed by atoms with Crippen LogP contribution in [0.2, 0.25) is 0 Å². The van der Waals surface area contributed by atoms with Crippen molar-refractivity contribution in [3.63, 3.8) is 0 Å². The first-order chi connectivity index (χ1) is 10.9. The summed E-state index contributed by atoms with van der Waals surface area (Å²) in [5, 5.41) is 0. The smallest absolute Gasteiger partial charge is 0.328 e. The van der Waals surface area contributed by atoms with Gasteiger partial charge in [0.05, 0.1) is 19.1 Å². The number of esters is 1. The van der Waals surface area contributed by atoms with E-state index in [9.17, 15) is 9.59 Å². The van der Waals surface area contributed by atoms with E-state index in [1.807, 2.05) is 12.1 Å². The molecule has 1 unspecified atom stereocenters. The average molecular weight is 416 g/mol. The lowest BCUT2D eigenvalue weighted by Gasteiger charge is -2.20. The molecule has 23 heavy (non-hydrogen) atoms. The number of hydrogen-bond donors (Lipinski definition) is 0. The molecule has 1 heterocycles. The summed E-state index contributed by atoms with van der Waals surface area (Å²) in [6.07, 6.45) is 1.70. The van der Waals surface area contributed by atoms with Gasteiger partial charge in [-0.3, -0.25) is 9.69 Å². The molecule has 0 bridgehead atoms. The van der Waals surface area contributed by atoms with E-state index in [0.29, 0.717) is 15.0 Å². The molecule has 1 atom stereocenters. The van der Waals surface area contributed by atoms with Crippen molar-refractivity contribution >= 4 is 62.2 Å². The van der Waals surface area contributed by atoms with Crippen molar-refractivity contribution in [1.82, 2.24) is 4.90 Å². The maximum atomic E-state index is 12.6. The Hall–Kier alpha value is -1.38. The molecule has 0 saturated carbocycles. The summed E-state index contributed by atoms with van der Waals surface area (Å²) < 4.78 is 11.2. The molecule has 0 radical (unpaired) electrons. The zero-order valence-electron chi connectivity index (χ0n) is 12.7. The molecule has 1 saturated heterocycles. The van der Waals surface area contributed by atoms with Gasteiger partial charge in [0.1, 0.15) is 16.1 Å². The quantitative estimate of drug-likeness (QED) is 0.427. The molecule has 0 aliphatic carbocycles. The summed E-state index contributed by atoms with van der Waals surface area (Å²) in [5.41, 5.74) is 0.744. The number of carbonyl (C=O) groups is 2. The summed E-state index contributed by atoms with van der Waals surface area (Å²) >= 11 is 9.76. The van der Waals surface area contributed by atoms with Crippen LogP contribution in [0, 0.1) is 0 Å². The average Bonchev–Trinajstić information content (AvgIpc) is 2.80. The monoisotopic (exact) mass is 415 g/mol. The molecule has 1 aromatic carbocycles. The highest BCUT2D eigenvalue weighted by Crippen LogP contribution is 2.36. The van der Waals surface area contributed by atoms with Crippen molar-refractivity contribution in [1.29, 1.82) is 0 Å². The standard InChI is InChI=1S/C15H14BrNO4S2/c1-8(14(19)21-3)17-13(18)12(23-15(17)22)7-9-6-10(16)4-5-11(9)20-2/h4-8H,1-3H3/b12-7-. The van der Waals surface area contributed by atoms with Gasteiger partial charge in [-0.15, -0.1) is 0 Å². The summed E-state index contributed by atoms with van der Waals surface area (Å²) in [6, 6.07) is 4.73. The Kier molecular flexibility index (Phi) is 5.83. The van der Waals surface area contributed by atoms with Crippen LogP contribution >= 0.6 is 39.9 Å². The largest absolute Gasteiger partial charge is 0.496 e. The maximum Gasteiger partial charge on any atom is 0.328 e. The molecular weight excluding hydrogens is 402 g/mol. The number of ether oxygens (including phenoxy) is 2. The molecule has 1 fully saturated rings. The van der Waals surface area contributed by atoms with Gasteiger partial charge < -0.3 is 9.47 Å². The number of hydrogen-bond acceptors (Lipinski definition) is 6. The SMILES string of the molecule is COC(=O)C(C)N1C(=O)/C(=C/c2cc(Br)ccc2OC)SC1=S. The molecule has 0 N–H and O–H groups in total. The van der Waals surface area contributed by atoms with Crippen LogP contribution in [0.4, 0.5) is 0 Å². The van der Waals surface area contributed by atoms with E-state index in [-0.39, 0.29) is 5.91 Å². The Labute approximate surface area is 152 Å². The maximum absolute atomic E-state index is 12.6. The van der Waals surface area contributed by atoms with Crippen LogP contribution in [0.3, 0.4) is 0 Å².